The molecule has 0 radical (unpaired) electrons. The fourth-order valence-corrected chi connectivity index (χ4v) is 3.54. The molecule has 1 aliphatic carbocycles. The van der Waals surface area contributed by atoms with Crippen LogP contribution in [-0.4, -0.2) is 42.0 Å². The number of nitrogens with one attached hydrogen (secondary N) is 1. The van der Waals surface area contributed by atoms with Crippen molar-refractivity contribution in [1.29, 1.82) is 0 Å². The Morgan fingerprint density at radius 2 is 2.00 bits per heavy atom. The van der Waals surface area contributed by atoms with Crippen molar-refractivity contribution in [2.75, 3.05) is 19.6 Å². The monoisotopic (exact) mass is 281 g/mol. The molecule has 1 atom stereocenters. The number of amides is 1. The molecule has 0 aromatic rings. The number of nitrogens with zero attached hydrogens (tertiary/aromatic N) is 1. The number of carbonyl (C=O) groups is 1. The van der Waals surface area contributed by atoms with Gasteiger partial charge in [-0.3, -0.25) is 4.79 Å². The fraction of sp³-hybridized carbons (Fsp3) is 0.938. The molecular formula is C16H31N3O. The van der Waals surface area contributed by atoms with Crippen molar-refractivity contribution >= 4 is 5.91 Å². The molecule has 1 aliphatic heterocycles. The van der Waals surface area contributed by atoms with Gasteiger partial charge in [-0.25, -0.2) is 0 Å². The number of carbonyl (C=O) groups excluding carboxylic acids is 1. The standard InChI is InChI=1S/C16H31N3O/c1-14-8-2-6-12-19(14)13-7-5-11-18-15(20)16(17)9-3-4-10-16/h14H,2-13,17H2,1H3,(H,18,20). The van der Waals surface area contributed by atoms with Crippen molar-refractivity contribution in [3.05, 3.63) is 0 Å². The van der Waals surface area contributed by atoms with Gasteiger partial charge in [0.1, 0.15) is 0 Å². The van der Waals surface area contributed by atoms with Crippen LogP contribution >= 0.6 is 0 Å². The van der Waals surface area contributed by atoms with Gasteiger partial charge >= 0.3 is 0 Å². The molecule has 2 aliphatic rings. The molecule has 0 spiro atoms. The minimum absolute atomic E-state index is 0.0707. The number of nitrogens with two attached hydrogens (primary N) is 1. The Kier molecular flexibility index (Phi) is 5.85. The lowest BCUT2D eigenvalue weighted by molar-refractivity contribution is -0.126. The Hall–Kier alpha value is -0.610. The van der Waals surface area contributed by atoms with Gasteiger partial charge in [0.25, 0.3) is 0 Å². The van der Waals surface area contributed by atoms with Crippen molar-refractivity contribution < 1.29 is 4.79 Å². The first kappa shape index (κ1) is 15.8. The maximum absolute atomic E-state index is 12.0. The predicted octanol–water partition coefficient (Wildman–Crippen LogP) is 2.03. The molecule has 1 heterocycles. The molecule has 0 aromatic heterocycles. The molecule has 1 amide bonds. The first-order chi connectivity index (χ1) is 9.62. The first-order valence-corrected chi connectivity index (χ1v) is 8.43. The second-order valence-electron chi connectivity index (χ2n) is 6.71. The normalized spacial score (nSPS) is 26.6. The van der Waals surface area contributed by atoms with Gasteiger partial charge in [-0.1, -0.05) is 19.3 Å². The summed E-state index contributed by atoms with van der Waals surface area (Å²) in [7, 11) is 0. The van der Waals surface area contributed by atoms with E-state index in [4.69, 9.17) is 5.73 Å². The van der Waals surface area contributed by atoms with Crippen molar-refractivity contribution in [2.24, 2.45) is 5.73 Å². The Labute approximate surface area is 123 Å². The predicted molar refractivity (Wildman–Crippen MR) is 82.5 cm³/mol. The number of hydrogen-bond donors (Lipinski definition) is 2. The molecule has 3 N–H and O–H groups in total. The largest absolute Gasteiger partial charge is 0.355 e. The van der Waals surface area contributed by atoms with E-state index < -0.39 is 5.54 Å². The van der Waals surface area contributed by atoms with E-state index >= 15 is 0 Å². The molecular weight excluding hydrogens is 250 g/mol. The van der Waals surface area contributed by atoms with Gasteiger partial charge in [-0.05, 0) is 58.5 Å². The van der Waals surface area contributed by atoms with Crippen LogP contribution in [0.15, 0.2) is 0 Å². The number of piperidine rings is 1. The van der Waals surface area contributed by atoms with Crippen LogP contribution in [0.5, 0.6) is 0 Å². The Balaban J connectivity index is 1.56. The maximum atomic E-state index is 12.0. The third kappa shape index (κ3) is 4.19. The summed E-state index contributed by atoms with van der Waals surface area (Å²) in [5, 5.41) is 3.03. The minimum atomic E-state index is -0.568. The van der Waals surface area contributed by atoms with E-state index in [1.54, 1.807) is 0 Å². The van der Waals surface area contributed by atoms with Gasteiger partial charge in [0.05, 0.1) is 5.54 Å². The fourth-order valence-electron chi connectivity index (χ4n) is 3.54. The summed E-state index contributed by atoms with van der Waals surface area (Å²) >= 11 is 0. The summed E-state index contributed by atoms with van der Waals surface area (Å²) in [6.45, 7) is 5.53. The van der Waals surface area contributed by atoms with Crippen LogP contribution in [-0.2, 0) is 4.79 Å². The second kappa shape index (κ2) is 7.41. The molecule has 1 saturated heterocycles. The molecule has 1 saturated carbocycles. The summed E-state index contributed by atoms with van der Waals surface area (Å²) < 4.78 is 0. The van der Waals surface area contributed by atoms with E-state index in [0.29, 0.717) is 0 Å². The van der Waals surface area contributed by atoms with E-state index in [1.165, 1.54) is 38.8 Å². The number of likely N-dealkylation sites (tertiary alicyclic amines) is 1. The van der Waals surface area contributed by atoms with Crippen molar-refractivity contribution in [3.63, 3.8) is 0 Å². The quantitative estimate of drug-likeness (QED) is 0.732. The maximum Gasteiger partial charge on any atom is 0.240 e. The van der Waals surface area contributed by atoms with Crippen LogP contribution < -0.4 is 11.1 Å². The summed E-state index contributed by atoms with van der Waals surface area (Å²) in [4.78, 5) is 14.6. The zero-order chi connectivity index (χ0) is 14.4. The van der Waals surface area contributed by atoms with E-state index in [-0.39, 0.29) is 5.91 Å². The van der Waals surface area contributed by atoms with Crippen molar-refractivity contribution in [1.82, 2.24) is 10.2 Å². The van der Waals surface area contributed by atoms with Gasteiger partial charge < -0.3 is 16.0 Å². The number of hydrogen-bond acceptors (Lipinski definition) is 3. The molecule has 0 aromatic carbocycles. The Bertz CT molecular complexity index is 313. The summed E-state index contributed by atoms with van der Waals surface area (Å²) in [5.41, 5.74) is 5.56. The summed E-state index contributed by atoms with van der Waals surface area (Å²) in [6, 6.07) is 0.740. The highest BCUT2D eigenvalue weighted by Crippen LogP contribution is 2.27. The molecule has 2 fully saturated rings. The SMILES string of the molecule is CC1CCCCN1CCCCNC(=O)C1(N)CCCC1. The zero-order valence-corrected chi connectivity index (χ0v) is 13.0. The van der Waals surface area contributed by atoms with Gasteiger partial charge in [0.15, 0.2) is 0 Å². The van der Waals surface area contributed by atoms with Crippen LogP contribution in [0.1, 0.15) is 64.7 Å². The van der Waals surface area contributed by atoms with Crippen LogP contribution in [0.2, 0.25) is 0 Å². The Morgan fingerprint density at radius 1 is 1.25 bits per heavy atom. The van der Waals surface area contributed by atoms with Crippen LogP contribution in [0.3, 0.4) is 0 Å². The average molecular weight is 281 g/mol. The minimum Gasteiger partial charge on any atom is -0.355 e. The van der Waals surface area contributed by atoms with Gasteiger partial charge in [0.2, 0.25) is 5.91 Å². The molecule has 2 rings (SSSR count). The highest BCUT2D eigenvalue weighted by Gasteiger charge is 2.36. The summed E-state index contributed by atoms with van der Waals surface area (Å²) in [5.74, 6) is 0.0707. The molecule has 0 bridgehead atoms. The highest BCUT2D eigenvalue weighted by molar-refractivity contribution is 5.86. The summed E-state index contributed by atoms with van der Waals surface area (Å²) in [6.07, 6.45) is 10.2. The molecule has 1 unspecified atom stereocenters. The lowest BCUT2D eigenvalue weighted by atomic mass is 9.98. The van der Waals surface area contributed by atoms with Crippen molar-refractivity contribution in [3.8, 4) is 0 Å². The van der Waals surface area contributed by atoms with E-state index in [0.717, 1.165) is 44.7 Å². The molecule has 4 nitrogen and oxygen atoms in total. The second-order valence-corrected chi connectivity index (χ2v) is 6.71. The smallest absolute Gasteiger partial charge is 0.240 e. The van der Waals surface area contributed by atoms with Gasteiger partial charge in [-0.15, -0.1) is 0 Å². The molecule has 4 heteroatoms. The molecule has 116 valence electrons. The highest BCUT2D eigenvalue weighted by atomic mass is 16.2. The van der Waals surface area contributed by atoms with Gasteiger partial charge in [0, 0.05) is 12.6 Å². The lowest BCUT2D eigenvalue weighted by Gasteiger charge is -2.33. The molecule has 20 heavy (non-hydrogen) atoms. The zero-order valence-electron chi connectivity index (χ0n) is 13.0. The topological polar surface area (TPSA) is 58.4 Å². The first-order valence-electron chi connectivity index (χ1n) is 8.43. The van der Waals surface area contributed by atoms with E-state index in [9.17, 15) is 4.79 Å². The third-order valence-corrected chi connectivity index (χ3v) is 5.05. The van der Waals surface area contributed by atoms with Crippen LogP contribution in [0.4, 0.5) is 0 Å². The van der Waals surface area contributed by atoms with Crippen molar-refractivity contribution in [2.45, 2.75) is 76.3 Å². The van der Waals surface area contributed by atoms with Crippen LogP contribution in [0, 0.1) is 0 Å². The number of rotatable bonds is 6. The van der Waals surface area contributed by atoms with E-state index in [2.05, 4.69) is 17.1 Å². The third-order valence-electron chi connectivity index (χ3n) is 5.05. The average Bonchev–Trinajstić information content (AvgIpc) is 2.88. The Morgan fingerprint density at radius 3 is 2.70 bits per heavy atom. The number of unbranched alkanes of at least 4 members (excludes halogenated alkanes) is 1. The van der Waals surface area contributed by atoms with Gasteiger partial charge in [-0.2, -0.15) is 0 Å². The van der Waals surface area contributed by atoms with Crippen LogP contribution in [0.25, 0.3) is 0 Å². The van der Waals surface area contributed by atoms with E-state index in [1.807, 2.05) is 0 Å². The lowest BCUT2D eigenvalue weighted by Crippen LogP contribution is -2.52.